The number of ether oxygens (including phenoxy) is 2. The van der Waals surface area contributed by atoms with Crippen molar-refractivity contribution in [3.05, 3.63) is 59.7 Å². The van der Waals surface area contributed by atoms with Crippen LogP contribution in [0.1, 0.15) is 44.9 Å². The van der Waals surface area contributed by atoms with E-state index in [0.717, 1.165) is 5.56 Å². The molecule has 2 rings (SSSR count). The standard InChI is InChI=1S/C24H29NO6S/c1-5-6-15-30-20-11-13-21(14-12-20)32(28,29)17-22(26)19-9-7-18(8-10-19)16-25-23(27)31-24(2,3)4/h7-14,22,26H,15-17H2,1-4H3,(H,25,27). The molecule has 172 valence electrons. The molecule has 2 N–H and O–H groups in total. The van der Waals surface area contributed by atoms with E-state index in [1.54, 1.807) is 64.1 Å². The summed E-state index contributed by atoms with van der Waals surface area (Å²) in [5, 5.41) is 13.1. The molecule has 8 heteroatoms. The van der Waals surface area contributed by atoms with Crippen molar-refractivity contribution < 1.29 is 27.8 Å². The van der Waals surface area contributed by atoms with Crippen molar-refractivity contribution in [3.63, 3.8) is 0 Å². The number of nitrogens with one attached hydrogen (secondary N) is 1. The molecule has 0 aliphatic heterocycles. The molecular weight excluding hydrogens is 430 g/mol. The van der Waals surface area contributed by atoms with Gasteiger partial charge in [0, 0.05) is 6.54 Å². The molecule has 0 saturated carbocycles. The maximum Gasteiger partial charge on any atom is 0.407 e. The van der Waals surface area contributed by atoms with Crippen molar-refractivity contribution in [3.8, 4) is 17.6 Å². The number of aliphatic hydroxyl groups excluding tert-OH is 1. The van der Waals surface area contributed by atoms with E-state index in [2.05, 4.69) is 17.2 Å². The number of carbonyl (C=O) groups excluding carboxylic acids is 1. The van der Waals surface area contributed by atoms with Gasteiger partial charge >= 0.3 is 6.09 Å². The quantitative estimate of drug-likeness (QED) is 0.585. The summed E-state index contributed by atoms with van der Waals surface area (Å²) in [6.45, 7) is 7.52. The van der Waals surface area contributed by atoms with Gasteiger partial charge in [-0.25, -0.2) is 13.2 Å². The van der Waals surface area contributed by atoms with E-state index in [4.69, 9.17) is 9.47 Å². The summed E-state index contributed by atoms with van der Waals surface area (Å²) in [5.41, 5.74) is 0.673. The second kappa shape index (κ2) is 11.0. The van der Waals surface area contributed by atoms with Crippen LogP contribution in [0.15, 0.2) is 53.4 Å². The fourth-order valence-electron chi connectivity index (χ4n) is 2.68. The number of carbonyl (C=O) groups is 1. The van der Waals surface area contributed by atoms with Crippen molar-refractivity contribution >= 4 is 15.9 Å². The number of alkyl carbamates (subject to hydrolysis) is 1. The average Bonchev–Trinajstić information content (AvgIpc) is 2.72. The Balaban J connectivity index is 1.95. The lowest BCUT2D eigenvalue weighted by Gasteiger charge is -2.19. The molecule has 1 amide bonds. The number of sulfone groups is 1. The van der Waals surface area contributed by atoms with E-state index in [9.17, 15) is 18.3 Å². The molecule has 0 bridgehead atoms. The summed E-state index contributed by atoms with van der Waals surface area (Å²) >= 11 is 0. The zero-order valence-corrected chi connectivity index (χ0v) is 19.5. The van der Waals surface area contributed by atoms with Gasteiger partial charge < -0.3 is 19.9 Å². The Morgan fingerprint density at radius 3 is 2.28 bits per heavy atom. The molecule has 1 atom stereocenters. The van der Waals surface area contributed by atoms with Crippen LogP contribution in [-0.2, 0) is 21.1 Å². The zero-order valence-electron chi connectivity index (χ0n) is 18.7. The molecule has 1 unspecified atom stereocenters. The Bertz CT molecular complexity index is 1060. The number of benzene rings is 2. The maximum absolute atomic E-state index is 12.7. The van der Waals surface area contributed by atoms with E-state index in [1.165, 1.54) is 12.1 Å². The van der Waals surface area contributed by atoms with Crippen LogP contribution in [-0.4, -0.2) is 37.6 Å². The van der Waals surface area contributed by atoms with E-state index >= 15 is 0 Å². The van der Waals surface area contributed by atoms with E-state index in [0.29, 0.717) is 11.3 Å². The second-order valence-corrected chi connectivity index (χ2v) is 10.1. The summed E-state index contributed by atoms with van der Waals surface area (Å²) in [5.74, 6) is 5.54. The second-order valence-electron chi connectivity index (χ2n) is 8.08. The van der Waals surface area contributed by atoms with Gasteiger partial charge in [-0.1, -0.05) is 30.2 Å². The van der Waals surface area contributed by atoms with E-state index in [1.807, 2.05) is 0 Å². The third-order valence-corrected chi connectivity index (χ3v) is 5.99. The zero-order chi connectivity index (χ0) is 23.8. The van der Waals surface area contributed by atoms with Crippen molar-refractivity contribution in [2.45, 2.75) is 50.8 Å². The minimum Gasteiger partial charge on any atom is -0.481 e. The molecule has 2 aromatic rings. The minimum absolute atomic E-state index is 0.101. The topological polar surface area (TPSA) is 102 Å². The van der Waals surface area contributed by atoms with Crippen LogP contribution in [0.5, 0.6) is 5.75 Å². The Morgan fingerprint density at radius 2 is 1.72 bits per heavy atom. The van der Waals surface area contributed by atoms with E-state index in [-0.39, 0.29) is 18.0 Å². The molecule has 0 aliphatic carbocycles. The molecule has 2 aromatic carbocycles. The number of aliphatic hydroxyl groups is 1. The molecule has 0 saturated heterocycles. The first-order valence-corrected chi connectivity index (χ1v) is 11.7. The van der Waals surface area contributed by atoms with Gasteiger partial charge in [0.25, 0.3) is 0 Å². The fraction of sp³-hybridized carbons (Fsp3) is 0.375. The molecule has 0 fully saturated rings. The Labute approximate surface area is 189 Å². The van der Waals surface area contributed by atoms with E-state index < -0.39 is 33.4 Å². The third kappa shape index (κ3) is 8.25. The van der Waals surface area contributed by atoms with Crippen LogP contribution in [0, 0.1) is 11.8 Å². The molecule has 7 nitrogen and oxygen atoms in total. The summed E-state index contributed by atoms with van der Waals surface area (Å²) in [7, 11) is -3.71. The lowest BCUT2D eigenvalue weighted by atomic mass is 10.1. The van der Waals surface area contributed by atoms with Gasteiger partial charge in [-0.3, -0.25) is 0 Å². The number of hydrogen-bond donors (Lipinski definition) is 2. The van der Waals surface area contributed by atoms with Gasteiger partial charge in [-0.15, -0.1) is 5.92 Å². The van der Waals surface area contributed by atoms with Crippen LogP contribution in [0.3, 0.4) is 0 Å². The first-order chi connectivity index (χ1) is 15.0. The molecule has 0 radical (unpaired) electrons. The van der Waals surface area contributed by atoms with Crippen LogP contribution >= 0.6 is 0 Å². The highest BCUT2D eigenvalue weighted by Gasteiger charge is 2.21. The normalized spacial score (nSPS) is 12.3. The summed E-state index contributed by atoms with van der Waals surface area (Å²) in [6.07, 6.45) is -1.72. The summed E-state index contributed by atoms with van der Waals surface area (Å²) in [6, 6.07) is 12.7. The molecule has 32 heavy (non-hydrogen) atoms. The van der Waals surface area contributed by atoms with Crippen LogP contribution in [0.4, 0.5) is 4.79 Å². The van der Waals surface area contributed by atoms with Gasteiger partial charge in [-0.05, 0) is 63.1 Å². The van der Waals surface area contributed by atoms with Gasteiger partial charge in [0.1, 0.15) is 18.0 Å². The maximum atomic E-state index is 12.7. The monoisotopic (exact) mass is 459 g/mol. The number of rotatable bonds is 8. The minimum atomic E-state index is -3.71. The molecule has 0 aliphatic rings. The highest BCUT2D eigenvalue weighted by Crippen LogP contribution is 2.22. The highest BCUT2D eigenvalue weighted by molar-refractivity contribution is 7.91. The number of hydrogen-bond acceptors (Lipinski definition) is 6. The Hall–Kier alpha value is -3.02. The molecular formula is C24H29NO6S. The van der Waals surface area contributed by atoms with Gasteiger partial charge in [-0.2, -0.15) is 0 Å². The summed E-state index contributed by atoms with van der Waals surface area (Å²) in [4.78, 5) is 11.8. The fourth-order valence-corrected chi connectivity index (χ4v) is 4.03. The molecule has 0 aromatic heterocycles. The first-order valence-electron chi connectivity index (χ1n) is 10.1. The Kier molecular flexibility index (Phi) is 8.70. The Morgan fingerprint density at radius 1 is 1.09 bits per heavy atom. The third-order valence-electron chi connectivity index (χ3n) is 4.25. The van der Waals surface area contributed by atoms with Gasteiger partial charge in [0.05, 0.1) is 16.8 Å². The van der Waals surface area contributed by atoms with Crippen LogP contribution in [0.2, 0.25) is 0 Å². The van der Waals surface area contributed by atoms with Gasteiger partial charge in [0.15, 0.2) is 9.84 Å². The van der Waals surface area contributed by atoms with Crippen molar-refractivity contribution in [1.29, 1.82) is 0 Å². The smallest absolute Gasteiger partial charge is 0.407 e. The molecule has 0 heterocycles. The first kappa shape index (κ1) is 25.2. The number of amides is 1. The lowest BCUT2D eigenvalue weighted by Crippen LogP contribution is -2.32. The van der Waals surface area contributed by atoms with Crippen molar-refractivity contribution in [2.24, 2.45) is 0 Å². The SMILES string of the molecule is CC#CCOc1ccc(S(=O)(=O)CC(O)c2ccc(CNC(=O)OC(C)(C)C)cc2)cc1. The average molecular weight is 460 g/mol. The predicted molar refractivity (Wildman–Crippen MR) is 122 cm³/mol. The summed E-state index contributed by atoms with van der Waals surface area (Å²) < 4.78 is 35.9. The van der Waals surface area contributed by atoms with Crippen molar-refractivity contribution in [1.82, 2.24) is 5.32 Å². The van der Waals surface area contributed by atoms with Crippen molar-refractivity contribution in [2.75, 3.05) is 12.4 Å². The predicted octanol–water partition coefficient (Wildman–Crippen LogP) is 3.62. The largest absolute Gasteiger partial charge is 0.481 e. The lowest BCUT2D eigenvalue weighted by molar-refractivity contribution is 0.0523. The van der Waals surface area contributed by atoms with Crippen LogP contribution in [0.25, 0.3) is 0 Å². The van der Waals surface area contributed by atoms with Gasteiger partial charge in [0.2, 0.25) is 0 Å². The molecule has 0 spiro atoms. The highest BCUT2D eigenvalue weighted by atomic mass is 32.2. The van der Waals surface area contributed by atoms with Crippen LogP contribution < -0.4 is 10.1 Å².